The highest BCUT2D eigenvalue weighted by atomic mass is 35.5. The number of fused-ring (bicyclic) bond motifs is 1. The van der Waals surface area contributed by atoms with Gasteiger partial charge in [-0.05, 0) is 30.2 Å². The number of nitrogens with zero attached hydrogens (tertiary/aromatic N) is 3. The van der Waals surface area contributed by atoms with Crippen LogP contribution < -0.4 is 20.7 Å². The molecule has 4 heterocycles. The Hall–Kier alpha value is -3.99. The van der Waals surface area contributed by atoms with E-state index in [0.29, 0.717) is 59.9 Å². The summed E-state index contributed by atoms with van der Waals surface area (Å²) >= 11 is 14.1. The average molecular weight is 660 g/mol. The molecule has 0 spiro atoms. The minimum absolute atomic E-state index is 0.0984. The van der Waals surface area contributed by atoms with Crippen LogP contribution in [-0.2, 0) is 24.9 Å². The predicted molar refractivity (Wildman–Crippen MR) is 183 cm³/mol. The Kier molecular flexibility index (Phi) is 9.86. The number of hydrogen-bond donors (Lipinski definition) is 4. The van der Waals surface area contributed by atoms with Crippen molar-refractivity contribution in [3.63, 3.8) is 0 Å². The van der Waals surface area contributed by atoms with Crippen molar-refractivity contribution in [1.29, 1.82) is 0 Å². The highest BCUT2D eigenvalue weighted by Crippen LogP contribution is 2.42. The zero-order valence-corrected chi connectivity index (χ0v) is 27.3. The summed E-state index contributed by atoms with van der Waals surface area (Å²) in [6.45, 7) is 2.55. The second-order valence-corrected chi connectivity index (χ2v) is 12.1. The number of ether oxygens (including phenoxy) is 1. The van der Waals surface area contributed by atoms with E-state index in [9.17, 15) is 4.79 Å². The Morgan fingerprint density at radius 3 is 2.61 bits per heavy atom. The number of pyridine rings is 2. The topological polar surface area (TPSA) is 113 Å². The van der Waals surface area contributed by atoms with Crippen LogP contribution in [-0.4, -0.2) is 58.4 Å². The monoisotopic (exact) mass is 658 g/mol. The highest BCUT2D eigenvalue weighted by Gasteiger charge is 2.21. The normalized spacial score (nSPS) is 14.6. The van der Waals surface area contributed by atoms with Gasteiger partial charge < -0.3 is 30.4 Å². The summed E-state index contributed by atoms with van der Waals surface area (Å²) in [5, 5.41) is 20.9. The van der Waals surface area contributed by atoms with Crippen molar-refractivity contribution >= 4 is 40.0 Å². The molecule has 1 atom stereocenters. The molecule has 1 amide bonds. The number of halogens is 2. The van der Waals surface area contributed by atoms with Gasteiger partial charge in [0.25, 0.3) is 0 Å². The maximum absolute atomic E-state index is 11.5. The van der Waals surface area contributed by atoms with E-state index in [-0.39, 0.29) is 18.6 Å². The second-order valence-electron chi connectivity index (χ2n) is 11.4. The molecule has 3 aromatic heterocycles. The summed E-state index contributed by atoms with van der Waals surface area (Å²) in [5.41, 5.74) is 7.67. The van der Waals surface area contributed by atoms with Crippen molar-refractivity contribution in [2.24, 2.45) is 7.05 Å². The molecule has 1 aliphatic rings. The molecule has 0 radical (unpaired) electrons. The Balaban J connectivity index is 1.27. The molecule has 0 bridgehead atoms. The van der Waals surface area contributed by atoms with Crippen molar-refractivity contribution in [1.82, 2.24) is 30.5 Å². The van der Waals surface area contributed by atoms with Crippen LogP contribution >= 0.6 is 23.2 Å². The van der Waals surface area contributed by atoms with Gasteiger partial charge in [-0.1, -0.05) is 59.6 Å². The van der Waals surface area contributed by atoms with E-state index in [0.717, 1.165) is 50.7 Å². The number of amides is 1. The van der Waals surface area contributed by atoms with Crippen molar-refractivity contribution in [3.8, 4) is 39.5 Å². The minimum atomic E-state index is 0.0984. The largest absolute Gasteiger partial charge is 0.481 e. The first-order valence-corrected chi connectivity index (χ1v) is 16.0. The minimum Gasteiger partial charge on any atom is -0.481 e. The number of nitrogens with one attached hydrogen (secondary N) is 3. The number of aryl methyl sites for hydroxylation is 1. The third kappa shape index (κ3) is 6.61. The third-order valence-corrected chi connectivity index (χ3v) is 9.12. The predicted octanol–water partition coefficient (Wildman–Crippen LogP) is 5.73. The van der Waals surface area contributed by atoms with Gasteiger partial charge in [-0.25, -0.2) is 4.98 Å². The van der Waals surface area contributed by atoms with Crippen LogP contribution in [0.3, 0.4) is 0 Å². The van der Waals surface area contributed by atoms with Gasteiger partial charge in [-0.3, -0.25) is 9.78 Å². The lowest BCUT2D eigenvalue weighted by atomic mass is 9.99. The van der Waals surface area contributed by atoms with Crippen molar-refractivity contribution in [2.45, 2.75) is 32.0 Å². The van der Waals surface area contributed by atoms with Gasteiger partial charge in [-0.2, -0.15) is 0 Å². The fourth-order valence-electron chi connectivity index (χ4n) is 5.99. The van der Waals surface area contributed by atoms with Crippen molar-refractivity contribution in [2.75, 3.05) is 26.8 Å². The molecule has 238 valence electrons. The molecule has 9 nitrogen and oxygen atoms in total. The molecular formula is C35H36Cl2N6O3. The van der Waals surface area contributed by atoms with E-state index in [4.69, 9.17) is 38.0 Å². The van der Waals surface area contributed by atoms with Gasteiger partial charge in [0, 0.05) is 96.8 Å². The van der Waals surface area contributed by atoms with Crippen molar-refractivity contribution in [3.05, 3.63) is 88.2 Å². The molecule has 46 heavy (non-hydrogen) atoms. The van der Waals surface area contributed by atoms with E-state index < -0.39 is 0 Å². The summed E-state index contributed by atoms with van der Waals surface area (Å²) in [5.74, 6) is 0.611. The fraction of sp³-hybridized carbons (Fsp3) is 0.286. The lowest BCUT2D eigenvalue weighted by molar-refractivity contribution is -0.119. The third-order valence-electron chi connectivity index (χ3n) is 8.33. The summed E-state index contributed by atoms with van der Waals surface area (Å²) in [6.07, 6.45) is 5.26. The molecule has 5 aromatic rings. The molecule has 1 saturated heterocycles. The molecule has 0 aliphatic carbocycles. The summed E-state index contributed by atoms with van der Waals surface area (Å²) in [7, 11) is 3.62. The number of methoxy groups -OCH3 is 1. The van der Waals surface area contributed by atoms with Crippen LogP contribution in [0, 0.1) is 0 Å². The van der Waals surface area contributed by atoms with Gasteiger partial charge in [0.2, 0.25) is 11.8 Å². The Morgan fingerprint density at radius 2 is 1.83 bits per heavy atom. The van der Waals surface area contributed by atoms with Crippen LogP contribution in [0.15, 0.2) is 67.0 Å². The number of benzene rings is 2. The van der Waals surface area contributed by atoms with Gasteiger partial charge >= 0.3 is 0 Å². The summed E-state index contributed by atoms with van der Waals surface area (Å²) < 4.78 is 7.73. The number of rotatable bonds is 12. The molecule has 1 unspecified atom stereocenters. The Bertz CT molecular complexity index is 1890. The van der Waals surface area contributed by atoms with Crippen molar-refractivity contribution < 1.29 is 14.6 Å². The molecular weight excluding hydrogens is 623 g/mol. The van der Waals surface area contributed by atoms with Gasteiger partial charge in [0.05, 0.1) is 35.1 Å². The van der Waals surface area contributed by atoms with E-state index in [1.54, 1.807) is 13.3 Å². The number of aromatic nitrogens is 3. The maximum atomic E-state index is 11.5. The van der Waals surface area contributed by atoms with E-state index in [1.165, 1.54) is 0 Å². The zero-order valence-electron chi connectivity index (χ0n) is 25.7. The van der Waals surface area contributed by atoms with E-state index >= 15 is 0 Å². The second kappa shape index (κ2) is 14.2. The summed E-state index contributed by atoms with van der Waals surface area (Å²) in [6, 6.07) is 18.0. The van der Waals surface area contributed by atoms with Crippen LogP contribution in [0.5, 0.6) is 5.88 Å². The molecule has 2 aromatic carbocycles. The molecule has 6 rings (SSSR count). The first-order chi connectivity index (χ1) is 22.4. The van der Waals surface area contributed by atoms with E-state index in [1.807, 2.05) is 49.5 Å². The fourth-order valence-corrected chi connectivity index (χ4v) is 6.64. The first kappa shape index (κ1) is 32.0. The number of hydrogen-bond acceptors (Lipinski definition) is 7. The van der Waals surface area contributed by atoms with Crippen LogP contribution in [0.2, 0.25) is 10.0 Å². The average Bonchev–Trinajstić information content (AvgIpc) is 3.63. The highest BCUT2D eigenvalue weighted by molar-refractivity contribution is 6.39. The molecule has 0 saturated carbocycles. The van der Waals surface area contributed by atoms with Gasteiger partial charge in [0.1, 0.15) is 0 Å². The van der Waals surface area contributed by atoms with Crippen LogP contribution in [0.25, 0.3) is 44.5 Å². The Morgan fingerprint density at radius 1 is 1.02 bits per heavy atom. The lowest BCUT2D eigenvalue weighted by Gasteiger charge is -2.15. The number of aliphatic hydroxyl groups excluding tert-OH is 1. The number of carbonyl (C=O) groups is 1. The number of aliphatic hydroxyl groups is 1. The smallest absolute Gasteiger partial charge is 0.220 e. The first-order valence-electron chi connectivity index (χ1n) is 15.3. The maximum Gasteiger partial charge on any atom is 0.220 e. The van der Waals surface area contributed by atoms with Gasteiger partial charge in [-0.15, -0.1) is 0 Å². The lowest BCUT2D eigenvalue weighted by Crippen LogP contribution is -2.35. The van der Waals surface area contributed by atoms with Crippen LogP contribution in [0.4, 0.5) is 0 Å². The van der Waals surface area contributed by atoms with E-state index in [2.05, 4.69) is 43.8 Å². The summed E-state index contributed by atoms with van der Waals surface area (Å²) in [4.78, 5) is 20.9. The van der Waals surface area contributed by atoms with Gasteiger partial charge in [0.15, 0.2) is 0 Å². The molecule has 1 aliphatic heterocycles. The zero-order chi connectivity index (χ0) is 32.2. The number of carbonyl (C=O) groups excluding carboxylic acids is 1. The molecule has 1 fully saturated rings. The quantitative estimate of drug-likeness (QED) is 0.127. The molecule has 4 N–H and O–H groups in total. The Labute approximate surface area is 277 Å². The van der Waals surface area contributed by atoms with Crippen LogP contribution in [0.1, 0.15) is 24.0 Å². The standard InChI is InChI=1S/C35H36Cl2N6O3/c1-43-20-23(18-38-14-15-44)25-9-6-21(16-30(25)43)34-33(37)27(12-13-40-34)26-4-3-5-28(32(26)36)29-10-7-22(35(42-29)46-2)17-39-19-24-8-11-31(45)41-24/h3-7,9-10,12-13,16,20,24,38-39,44H,8,11,14-15,17-19H2,1-2H3,(H,41,45). The molecule has 11 heteroatoms. The SMILES string of the molecule is COc1nc(-c2cccc(-c3ccnc(-c4ccc5c(CNCCO)cn(C)c5c4)c3Cl)c2Cl)ccc1CNCC1CCC(=O)N1.